The SMILES string of the molecule is CCC(C)OC(=O)C(=CNc1ccccc1F)C(=O)O. The number of hydrogen-bond donors (Lipinski definition) is 2. The second kappa shape index (κ2) is 7.28. The molecule has 0 spiro atoms. The normalized spacial score (nSPS) is 12.7. The number of carbonyl (C=O) groups excluding carboxylic acids is 1. The van der Waals surface area contributed by atoms with Crippen LogP contribution in [0.5, 0.6) is 0 Å². The van der Waals surface area contributed by atoms with Crippen molar-refractivity contribution in [1.82, 2.24) is 0 Å². The van der Waals surface area contributed by atoms with Crippen molar-refractivity contribution in [2.45, 2.75) is 26.4 Å². The zero-order chi connectivity index (χ0) is 15.1. The van der Waals surface area contributed by atoms with Crippen LogP contribution in [0.4, 0.5) is 10.1 Å². The molecule has 0 aliphatic carbocycles. The number of esters is 1. The van der Waals surface area contributed by atoms with Gasteiger partial charge in [0.25, 0.3) is 0 Å². The zero-order valence-corrected chi connectivity index (χ0v) is 11.2. The van der Waals surface area contributed by atoms with Gasteiger partial charge >= 0.3 is 11.9 Å². The van der Waals surface area contributed by atoms with E-state index in [4.69, 9.17) is 9.84 Å². The molecule has 0 aliphatic heterocycles. The van der Waals surface area contributed by atoms with Crippen LogP contribution in [0.1, 0.15) is 20.3 Å². The van der Waals surface area contributed by atoms with Gasteiger partial charge in [0.05, 0.1) is 11.8 Å². The second-order valence-corrected chi connectivity index (χ2v) is 4.11. The van der Waals surface area contributed by atoms with Crippen LogP contribution in [0.2, 0.25) is 0 Å². The van der Waals surface area contributed by atoms with E-state index in [1.807, 2.05) is 0 Å². The fraction of sp³-hybridized carbons (Fsp3) is 0.286. The number of carboxylic acids is 1. The summed E-state index contributed by atoms with van der Waals surface area (Å²) in [6, 6.07) is 5.72. The summed E-state index contributed by atoms with van der Waals surface area (Å²) in [7, 11) is 0. The first-order valence-electron chi connectivity index (χ1n) is 6.11. The highest BCUT2D eigenvalue weighted by Crippen LogP contribution is 2.13. The molecule has 1 atom stereocenters. The van der Waals surface area contributed by atoms with Crippen molar-refractivity contribution < 1.29 is 23.8 Å². The lowest BCUT2D eigenvalue weighted by atomic mass is 10.2. The molecule has 5 nitrogen and oxygen atoms in total. The summed E-state index contributed by atoms with van der Waals surface area (Å²) in [6.45, 7) is 3.46. The third-order valence-corrected chi connectivity index (χ3v) is 2.58. The number of carbonyl (C=O) groups is 2. The molecular weight excluding hydrogens is 265 g/mol. The van der Waals surface area contributed by atoms with E-state index in [0.717, 1.165) is 6.20 Å². The van der Waals surface area contributed by atoms with Crippen molar-refractivity contribution in [3.05, 3.63) is 41.9 Å². The van der Waals surface area contributed by atoms with Gasteiger partial charge in [0.2, 0.25) is 0 Å². The summed E-state index contributed by atoms with van der Waals surface area (Å²) in [6.07, 6.45) is 1.10. The number of aliphatic carboxylic acids is 1. The number of para-hydroxylation sites is 1. The minimum atomic E-state index is -1.44. The average Bonchev–Trinajstić information content (AvgIpc) is 2.40. The fourth-order valence-corrected chi connectivity index (χ4v) is 1.27. The van der Waals surface area contributed by atoms with E-state index in [1.54, 1.807) is 19.9 Å². The molecule has 0 saturated carbocycles. The first kappa shape index (κ1) is 15.7. The van der Waals surface area contributed by atoms with Crippen LogP contribution < -0.4 is 5.32 Å². The molecule has 6 heteroatoms. The van der Waals surface area contributed by atoms with E-state index in [-0.39, 0.29) is 5.69 Å². The van der Waals surface area contributed by atoms with E-state index < -0.39 is 29.4 Å². The van der Waals surface area contributed by atoms with Gasteiger partial charge in [0.1, 0.15) is 5.82 Å². The van der Waals surface area contributed by atoms with Crippen molar-refractivity contribution >= 4 is 17.6 Å². The molecule has 0 aliphatic rings. The largest absolute Gasteiger partial charge is 0.477 e. The molecule has 1 aromatic carbocycles. The smallest absolute Gasteiger partial charge is 0.347 e. The van der Waals surface area contributed by atoms with Crippen LogP contribution in [0, 0.1) is 5.82 Å². The summed E-state index contributed by atoms with van der Waals surface area (Å²) in [5.74, 6) is -2.96. The summed E-state index contributed by atoms with van der Waals surface area (Å²) in [5.41, 5.74) is -0.517. The maximum Gasteiger partial charge on any atom is 0.347 e. The Labute approximate surface area is 116 Å². The number of halogens is 1. The third kappa shape index (κ3) is 4.38. The monoisotopic (exact) mass is 281 g/mol. The van der Waals surface area contributed by atoms with Crippen molar-refractivity contribution in [3.8, 4) is 0 Å². The quantitative estimate of drug-likeness (QED) is 0.363. The first-order valence-corrected chi connectivity index (χ1v) is 6.11. The standard InChI is InChI=1S/C14H16FNO4/c1-3-9(2)20-14(19)10(13(17)18)8-16-12-7-5-4-6-11(12)15/h4-9,16H,3H2,1-2H3,(H,17,18). The van der Waals surface area contributed by atoms with Crippen molar-refractivity contribution in [2.24, 2.45) is 0 Å². The Bertz CT molecular complexity index is 528. The maximum absolute atomic E-state index is 13.4. The molecule has 0 saturated heterocycles. The number of ether oxygens (including phenoxy) is 1. The van der Waals surface area contributed by atoms with Gasteiger partial charge in [-0.3, -0.25) is 0 Å². The van der Waals surface area contributed by atoms with E-state index in [0.29, 0.717) is 6.42 Å². The third-order valence-electron chi connectivity index (χ3n) is 2.58. The molecule has 0 radical (unpaired) electrons. The Morgan fingerprint density at radius 3 is 2.65 bits per heavy atom. The van der Waals surface area contributed by atoms with Gasteiger partial charge in [0, 0.05) is 6.20 Å². The summed E-state index contributed by atoms with van der Waals surface area (Å²) < 4.78 is 18.3. The Morgan fingerprint density at radius 1 is 1.45 bits per heavy atom. The lowest BCUT2D eigenvalue weighted by Gasteiger charge is -2.11. The molecule has 0 heterocycles. The summed E-state index contributed by atoms with van der Waals surface area (Å²) in [5, 5.41) is 11.4. The van der Waals surface area contributed by atoms with Gasteiger partial charge in [-0.25, -0.2) is 14.0 Å². The Kier molecular flexibility index (Phi) is 5.71. The van der Waals surface area contributed by atoms with Crippen LogP contribution in [-0.4, -0.2) is 23.1 Å². The zero-order valence-electron chi connectivity index (χ0n) is 11.2. The van der Waals surface area contributed by atoms with E-state index in [2.05, 4.69) is 5.32 Å². The van der Waals surface area contributed by atoms with Crippen LogP contribution >= 0.6 is 0 Å². The lowest BCUT2D eigenvalue weighted by Crippen LogP contribution is -2.21. The van der Waals surface area contributed by atoms with Crippen molar-refractivity contribution in [2.75, 3.05) is 5.32 Å². The molecule has 2 N–H and O–H groups in total. The molecule has 1 rings (SSSR count). The van der Waals surface area contributed by atoms with Gasteiger partial charge < -0.3 is 15.2 Å². The number of carboxylic acid groups (broad SMARTS) is 1. The van der Waals surface area contributed by atoms with Crippen LogP contribution in [0.3, 0.4) is 0 Å². The maximum atomic E-state index is 13.4. The number of rotatable bonds is 6. The minimum absolute atomic E-state index is 0.0718. The van der Waals surface area contributed by atoms with Crippen LogP contribution in [-0.2, 0) is 14.3 Å². The lowest BCUT2D eigenvalue weighted by molar-refractivity contribution is -0.147. The summed E-state index contributed by atoms with van der Waals surface area (Å²) in [4.78, 5) is 22.7. The molecular formula is C14H16FNO4. The number of nitrogens with one attached hydrogen (secondary N) is 1. The van der Waals surface area contributed by atoms with Gasteiger partial charge in [-0.05, 0) is 25.5 Å². The number of hydrogen-bond acceptors (Lipinski definition) is 4. The van der Waals surface area contributed by atoms with E-state index in [1.165, 1.54) is 18.2 Å². The minimum Gasteiger partial charge on any atom is -0.477 e. The van der Waals surface area contributed by atoms with Gasteiger partial charge in [-0.1, -0.05) is 19.1 Å². The average molecular weight is 281 g/mol. The summed E-state index contributed by atoms with van der Waals surface area (Å²) >= 11 is 0. The molecule has 108 valence electrons. The topological polar surface area (TPSA) is 75.6 Å². The molecule has 1 unspecified atom stereocenters. The first-order chi connectivity index (χ1) is 9.45. The Hall–Kier alpha value is -2.37. The van der Waals surface area contributed by atoms with Crippen molar-refractivity contribution in [1.29, 1.82) is 0 Å². The molecule has 0 bridgehead atoms. The Morgan fingerprint density at radius 2 is 2.10 bits per heavy atom. The predicted molar refractivity (Wildman–Crippen MR) is 71.6 cm³/mol. The molecule has 0 fully saturated rings. The number of benzene rings is 1. The van der Waals surface area contributed by atoms with Gasteiger partial charge in [0.15, 0.2) is 5.57 Å². The molecule has 0 aromatic heterocycles. The van der Waals surface area contributed by atoms with E-state index in [9.17, 15) is 14.0 Å². The molecule has 20 heavy (non-hydrogen) atoms. The Balaban J connectivity index is 2.86. The second-order valence-electron chi connectivity index (χ2n) is 4.11. The van der Waals surface area contributed by atoms with Crippen molar-refractivity contribution in [3.63, 3.8) is 0 Å². The van der Waals surface area contributed by atoms with Crippen LogP contribution in [0.25, 0.3) is 0 Å². The fourth-order valence-electron chi connectivity index (χ4n) is 1.27. The highest BCUT2D eigenvalue weighted by Gasteiger charge is 2.20. The number of anilines is 1. The highest BCUT2D eigenvalue weighted by molar-refractivity contribution is 6.13. The van der Waals surface area contributed by atoms with Gasteiger partial charge in [-0.15, -0.1) is 0 Å². The molecule has 1 aromatic rings. The van der Waals surface area contributed by atoms with Gasteiger partial charge in [-0.2, -0.15) is 0 Å². The van der Waals surface area contributed by atoms with Crippen LogP contribution in [0.15, 0.2) is 36.0 Å². The highest BCUT2D eigenvalue weighted by atomic mass is 19.1. The predicted octanol–water partition coefficient (Wildman–Crippen LogP) is 2.55. The molecule has 0 amide bonds. The van der Waals surface area contributed by atoms with E-state index >= 15 is 0 Å².